The molecule has 120 valence electrons. The molecule has 1 aliphatic heterocycles. The molecule has 1 N–H and O–H groups in total. The van der Waals surface area contributed by atoms with E-state index in [1.54, 1.807) is 18.2 Å². The minimum Gasteiger partial charge on any atom is -0.323 e. The summed E-state index contributed by atoms with van der Waals surface area (Å²) in [6, 6.07) is 4.19. The second-order valence-corrected chi connectivity index (χ2v) is 5.32. The van der Waals surface area contributed by atoms with Crippen LogP contribution >= 0.6 is 11.6 Å². The van der Waals surface area contributed by atoms with Crippen LogP contribution < -0.4 is 5.32 Å². The third-order valence-electron chi connectivity index (χ3n) is 3.15. The summed E-state index contributed by atoms with van der Waals surface area (Å²) in [6.07, 6.45) is 1.32. The first kappa shape index (κ1) is 16.7. The second kappa shape index (κ2) is 6.62. The summed E-state index contributed by atoms with van der Waals surface area (Å²) in [4.78, 5) is 48.7. The molecule has 0 unspecified atom stereocenters. The molecule has 5 amide bonds. The van der Waals surface area contributed by atoms with Gasteiger partial charge in [0.2, 0.25) is 5.91 Å². The molecule has 1 heterocycles. The van der Waals surface area contributed by atoms with Crippen molar-refractivity contribution in [1.82, 2.24) is 9.80 Å². The maximum absolute atomic E-state index is 12.0. The van der Waals surface area contributed by atoms with Crippen molar-refractivity contribution in [2.45, 2.75) is 6.92 Å². The number of amides is 5. The van der Waals surface area contributed by atoms with Gasteiger partial charge in [0.05, 0.1) is 10.7 Å². The molecule has 0 atom stereocenters. The van der Waals surface area contributed by atoms with Gasteiger partial charge in [-0.15, -0.1) is 6.58 Å². The number of anilines is 1. The van der Waals surface area contributed by atoms with Gasteiger partial charge in [0.25, 0.3) is 0 Å². The van der Waals surface area contributed by atoms with Gasteiger partial charge in [-0.3, -0.25) is 19.3 Å². The number of aryl methyl sites for hydroxylation is 1. The zero-order chi connectivity index (χ0) is 17.1. The Morgan fingerprint density at radius 1 is 1.26 bits per heavy atom. The van der Waals surface area contributed by atoms with Gasteiger partial charge < -0.3 is 5.32 Å². The molecule has 1 fully saturated rings. The topological polar surface area (TPSA) is 86.8 Å². The Kier molecular flexibility index (Phi) is 4.80. The molecular formula is C15H14ClN3O4. The number of rotatable bonds is 5. The Morgan fingerprint density at radius 2 is 1.91 bits per heavy atom. The average molecular weight is 336 g/mol. The van der Waals surface area contributed by atoms with Crippen LogP contribution in [0.5, 0.6) is 0 Å². The number of carbonyl (C=O) groups excluding carboxylic acids is 4. The van der Waals surface area contributed by atoms with E-state index in [1.807, 2.05) is 6.92 Å². The van der Waals surface area contributed by atoms with Gasteiger partial charge in [0, 0.05) is 6.54 Å². The second-order valence-electron chi connectivity index (χ2n) is 4.91. The number of halogens is 1. The van der Waals surface area contributed by atoms with Crippen LogP contribution in [0.3, 0.4) is 0 Å². The Labute approximate surface area is 137 Å². The van der Waals surface area contributed by atoms with Crippen molar-refractivity contribution < 1.29 is 19.2 Å². The molecule has 1 aromatic carbocycles. The molecular weight excluding hydrogens is 322 g/mol. The monoisotopic (exact) mass is 335 g/mol. The smallest absolute Gasteiger partial charge is 0.323 e. The van der Waals surface area contributed by atoms with Gasteiger partial charge in [-0.05, 0) is 24.6 Å². The number of imide groups is 2. The van der Waals surface area contributed by atoms with Crippen LogP contribution in [0.25, 0.3) is 0 Å². The molecule has 8 heteroatoms. The van der Waals surface area contributed by atoms with Crippen LogP contribution in [0, 0.1) is 6.92 Å². The van der Waals surface area contributed by atoms with Gasteiger partial charge in [0.1, 0.15) is 6.54 Å². The third-order valence-corrected chi connectivity index (χ3v) is 3.46. The first-order valence-electron chi connectivity index (χ1n) is 6.69. The van der Waals surface area contributed by atoms with Crippen molar-refractivity contribution in [3.63, 3.8) is 0 Å². The SMILES string of the molecule is C=CCN1C(=O)C(=O)N(CC(=O)Nc2ccc(C)cc2Cl)C1=O. The van der Waals surface area contributed by atoms with Crippen molar-refractivity contribution in [2.75, 3.05) is 18.4 Å². The first-order chi connectivity index (χ1) is 10.8. The fourth-order valence-electron chi connectivity index (χ4n) is 2.03. The highest BCUT2D eigenvalue weighted by Gasteiger charge is 2.44. The highest BCUT2D eigenvalue weighted by atomic mass is 35.5. The standard InChI is InChI=1S/C15H14ClN3O4/c1-3-6-18-13(21)14(22)19(15(18)23)8-12(20)17-11-5-4-9(2)7-10(11)16/h3-5,7H,1,6,8H2,2H3,(H,17,20). The molecule has 2 rings (SSSR count). The van der Waals surface area contributed by atoms with E-state index in [1.165, 1.54) is 6.08 Å². The van der Waals surface area contributed by atoms with E-state index in [4.69, 9.17) is 11.6 Å². The maximum Gasteiger partial charge on any atom is 0.335 e. The predicted octanol–water partition coefficient (Wildman–Crippen LogP) is 1.56. The third kappa shape index (κ3) is 3.40. The number of nitrogens with one attached hydrogen (secondary N) is 1. The highest BCUT2D eigenvalue weighted by molar-refractivity contribution is 6.45. The van der Waals surface area contributed by atoms with Crippen LogP contribution in [0.4, 0.5) is 10.5 Å². The molecule has 1 aliphatic rings. The number of carbonyl (C=O) groups is 4. The van der Waals surface area contributed by atoms with E-state index in [0.29, 0.717) is 15.6 Å². The molecule has 0 spiro atoms. The summed E-state index contributed by atoms with van der Waals surface area (Å²) in [7, 11) is 0. The van der Waals surface area contributed by atoms with E-state index in [2.05, 4.69) is 11.9 Å². The Balaban J connectivity index is 2.08. The highest BCUT2D eigenvalue weighted by Crippen LogP contribution is 2.22. The van der Waals surface area contributed by atoms with Crippen LogP contribution in [-0.2, 0) is 14.4 Å². The molecule has 0 aromatic heterocycles. The Hall–Kier alpha value is -2.67. The van der Waals surface area contributed by atoms with Gasteiger partial charge >= 0.3 is 17.8 Å². The number of benzene rings is 1. The molecule has 1 aromatic rings. The van der Waals surface area contributed by atoms with Gasteiger partial charge in [-0.25, -0.2) is 9.69 Å². The van der Waals surface area contributed by atoms with E-state index < -0.39 is 30.3 Å². The zero-order valence-electron chi connectivity index (χ0n) is 12.3. The summed E-state index contributed by atoms with van der Waals surface area (Å²) < 4.78 is 0. The lowest BCUT2D eigenvalue weighted by Crippen LogP contribution is -2.39. The van der Waals surface area contributed by atoms with Gasteiger partial charge in [-0.1, -0.05) is 23.7 Å². The Morgan fingerprint density at radius 3 is 2.52 bits per heavy atom. The van der Waals surface area contributed by atoms with Crippen molar-refractivity contribution >= 4 is 41.0 Å². The molecule has 0 saturated carbocycles. The zero-order valence-corrected chi connectivity index (χ0v) is 13.1. The molecule has 0 bridgehead atoms. The van der Waals surface area contributed by atoms with E-state index in [-0.39, 0.29) is 6.54 Å². The van der Waals surface area contributed by atoms with Crippen molar-refractivity contribution in [1.29, 1.82) is 0 Å². The number of urea groups is 1. The number of nitrogens with zero attached hydrogens (tertiary/aromatic N) is 2. The van der Waals surface area contributed by atoms with Crippen LogP contribution in [0.1, 0.15) is 5.56 Å². The summed E-state index contributed by atoms with van der Waals surface area (Å²) in [5, 5.41) is 2.84. The lowest BCUT2D eigenvalue weighted by atomic mass is 10.2. The minimum atomic E-state index is -1.04. The van der Waals surface area contributed by atoms with Gasteiger partial charge in [0.15, 0.2) is 0 Å². The fraction of sp³-hybridized carbons (Fsp3) is 0.200. The van der Waals surface area contributed by atoms with Crippen molar-refractivity contribution in [2.24, 2.45) is 0 Å². The quantitative estimate of drug-likeness (QED) is 0.502. The summed E-state index contributed by atoms with van der Waals surface area (Å²) in [5.74, 6) is -2.65. The summed E-state index contributed by atoms with van der Waals surface area (Å²) in [6.45, 7) is 4.59. The molecule has 23 heavy (non-hydrogen) atoms. The average Bonchev–Trinajstić information content (AvgIpc) is 2.68. The van der Waals surface area contributed by atoms with E-state index >= 15 is 0 Å². The van der Waals surface area contributed by atoms with E-state index in [0.717, 1.165) is 10.5 Å². The molecule has 0 aliphatic carbocycles. The summed E-state index contributed by atoms with van der Waals surface area (Å²) >= 11 is 6.00. The fourth-order valence-corrected chi connectivity index (χ4v) is 2.32. The maximum atomic E-state index is 12.0. The van der Waals surface area contributed by atoms with Gasteiger partial charge in [-0.2, -0.15) is 0 Å². The van der Waals surface area contributed by atoms with Crippen molar-refractivity contribution in [3.8, 4) is 0 Å². The predicted molar refractivity (Wildman–Crippen MR) is 83.8 cm³/mol. The largest absolute Gasteiger partial charge is 0.335 e. The lowest BCUT2D eigenvalue weighted by Gasteiger charge is -2.14. The van der Waals surface area contributed by atoms with E-state index in [9.17, 15) is 19.2 Å². The molecule has 1 saturated heterocycles. The molecule has 7 nitrogen and oxygen atoms in total. The summed E-state index contributed by atoms with van der Waals surface area (Å²) in [5.41, 5.74) is 1.28. The van der Waals surface area contributed by atoms with Crippen LogP contribution in [0.2, 0.25) is 5.02 Å². The number of hydrogen-bond donors (Lipinski definition) is 1. The minimum absolute atomic E-state index is 0.0919. The number of hydrogen-bond acceptors (Lipinski definition) is 4. The normalized spacial score (nSPS) is 14.4. The van der Waals surface area contributed by atoms with Crippen molar-refractivity contribution in [3.05, 3.63) is 41.4 Å². The van der Waals surface area contributed by atoms with Crippen LogP contribution in [-0.4, -0.2) is 46.6 Å². The molecule has 0 radical (unpaired) electrons. The lowest BCUT2D eigenvalue weighted by molar-refractivity contribution is -0.143. The Bertz CT molecular complexity index is 717. The first-order valence-corrected chi connectivity index (χ1v) is 7.07. The van der Waals surface area contributed by atoms with Crippen LogP contribution in [0.15, 0.2) is 30.9 Å².